The molecule has 0 aromatic heterocycles. The molecule has 1 atom stereocenters. The predicted octanol–water partition coefficient (Wildman–Crippen LogP) is 4.01. The van der Waals surface area contributed by atoms with Crippen molar-refractivity contribution in [3.05, 3.63) is 59.2 Å². The molecule has 0 aliphatic carbocycles. The van der Waals surface area contributed by atoms with Crippen LogP contribution in [0, 0.1) is 6.92 Å². The summed E-state index contributed by atoms with van der Waals surface area (Å²) in [7, 11) is 1.55. The molecule has 1 N–H and O–H groups in total. The van der Waals surface area contributed by atoms with Crippen LogP contribution in [0.3, 0.4) is 0 Å². The van der Waals surface area contributed by atoms with Crippen molar-refractivity contribution in [2.75, 3.05) is 12.0 Å². The van der Waals surface area contributed by atoms with Gasteiger partial charge in [-0.25, -0.2) is 0 Å². The number of nitrogens with one attached hydrogen (secondary N) is 1. The third-order valence-electron chi connectivity index (χ3n) is 4.86. The zero-order chi connectivity index (χ0) is 21.8. The van der Waals surface area contributed by atoms with Gasteiger partial charge >= 0.3 is 0 Å². The van der Waals surface area contributed by atoms with Gasteiger partial charge in [0.05, 0.1) is 18.9 Å². The zero-order valence-electron chi connectivity index (χ0n) is 17.4. The minimum absolute atomic E-state index is 0.00972. The average molecular weight is 425 g/mol. The molecule has 2 aromatic rings. The minimum atomic E-state index is -0.534. The Morgan fingerprint density at radius 3 is 2.57 bits per heavy atom. The summed E-state index contributed by atoms with van der Waals surface area (Å²) in [6.45, 7) is 5.89. The van der Waals surface area contributed by atoms with Crippen molar-refractivity contribution in [3.63, 3.8) is 0 Å². The van der Waals surface area contributed by atoms with Crippen LogP contribution in [0.2, 0.25) is 0 Å². The first kappa shape index (κ1) is 21.5. The molecule has 0 unspecified atom stereocenters. The highest BCUT2D eigenvalue weighted by molar-refractivity contribution is 7.80. The van der Waals surface area contributed by atoms with Gasteiger partial charge in [0.1, 0.15) is 5.57 Å². The Kier molecular flexibility index (Phi) is 6.52. The van der Waals surface area contributed by atoms with Crippen molar-refractivity contribution in [1.29, 1.82) is 0 Å². The molecule has 0 bridgehead atoms. The van der Waals surface area contributed by atoms with Crippen LogP contribution in [0.15, 0.2) is 48.0 Å². The molecule has 0 spiro atoms. The molecule has 0 radical (unpaired) electrons. The lowest BCUT2D eigenvalue weighted by Gasteiger charge is -2.30. The van der Waals surface area contributed by atoms with Gasteiger partial charge in [-0.15, -0.1) is 0 Å². The average Bonchev–Trinajstić information content (AvgIpc) is 2.73. The monoisotopic (exact) mass is 424 g/mol. The molecule has 30 heavy (non-hydrogen) atoms. The molecular formula is C23H24N2O4S. The molecule has 7 heteroatoms. The smallest absolute Gasteiger partial charge is 0.270 e. The molecule has 1 fully saturated rings. The minimum Gasteiger partial charge on any atom is -0.493 e. The van der Waals surface area contributed by atoms with E-state index in [0.717, 1.165) is 12.0 Å². The van der Waals surface area contributed by atoms with Gasteiger partial charge in [-0.2, -0.15) is 0 Å². The van der Waals surface area contributed by atoms with Gasteiger partial charge in [-0.05, 0) is 67.9 Å². The van der Waals surface area contributed by atoms with Crippen LogP contribution in [0.1, 0.15) is 31.4 Å². The van der Waals surface area contributed by atoms with Gasteiger partial charge < -0.3 is 9.47 Å². The van der Waals surface area contributed by atoms with Crippen molar-refractivity contribution in [1.82, 2.24) is 5.32 Å². The van der Waals surface area contributed by atoms with Gasteiger partial charge in [-0.3, -0.25) is 19.8 Å². The Bertz CT molecular complexity index is 1030. The largest absolute Gasteiger partial charge is 0.493 e. The van der Waals surface area contributed by atoms with Crippen LogP contribution in [0.25, 0.3) is 6.08 Å². The quantitative estimate of drug-likeness (QED) is 0.431. The molecular weight excluding hydrogens is 400 g/mol. The van der Waals surface area contributed by atoms with E-state index in [1.807, 2.05) is 39.0 Å². The summed E-state index contributed by atoms with van der Waals surface area (Å²) in [5.74, 6) is 0.126. The standard InChI is InChI=1S/C23H24N2O4S/c1-5-15(3)29-19-11-10-16(13-20(19)28-4)12-17-21(26)24-23(30)25(22(17)27)18-9-7-6-8-14(18)2/h6-13,15H,5H2,1-4H3,(H,24,26,30)/b17-12+/t15-/m0/s1. The molecule has 156 valence electrons. The lowest BCUT2D eigenvalue weighted by atomic mass is 10.1. The van der Waals surface area contributed by atoms with E-state index in [9.17, 15) is 9.59 Å². The number of hydrogen-bond donors (Lipinski definition) is 1. The summed E-state index contributed by atoms with van der Waals surface area (Å²) in [5.41, 5.74) is 2.13. The third kappa shape index (κ3) is 4.36. The summed E-state index contributed by atoms with van der Waals surface area (Å²) in [6.07, 6.45) is 2.43. The Labute approximate surface area is 181 Å². The number of rotatable bonds is 6. The highest BCUT2D eigenvalue weighted by Gasteiger charge is 2.35. The first-order chi connectivity index (χ1) is 14.3. The summed E-state index contributed by atoms with van der Waals surface area (Å²) in [5, 5.41) is 2.66. The maximum atomic E-state index is 13.2. The normalized spacial score (nSPS) is 16.5. The van der Waals surface area contributed by atoms with E-state index in [-0.39, 0.29) is 16.8 Å². The Morgan fingerprint density at radius 1 is 1.17 bits per heavy atom. The number of hydrogen-bond acceptors (Lipinski definition) is 5. The van der Waals surface area contributed by atoms with Gasteiger partial charge in [0.15, 0.2) is 16.6 Å². The number of para-hydroxylation sites is 1. The fraction of sp³-hybridized carbons (Fsp3) is 0.261. The van der Waals surface area contributed by atoms with Gasteiger partial charge in [-0.1, -0.05) is 31.2 Å². The lowest BCUT2D eigenvalue weighted by molar-refractivity contribution is -0.122. The number of carbonyl (C=O) groups is 2. The molecule has 0 saturated carbocycles. The molecule has 6 nitrogen and oxygen atoms in total. The second-order valence-electron chi connectivity index (χ2n) is 6.99. The van der Waals surface area contributed by atoms with Gasteiger partial charge in [0, 0.05) is 0 Å². The number of nitrogens with zero attached hydrogens (tertiary/aromatic N) is 1. The number of ether oxygens (including phenoxy) is 2. The molecule has 1 saturated heterocycles. The highest BCUT2D eigenvalue weighted by atomic mass is 32.1. The topological polar surface area (TPSA) is 67.9 Å². The van der Waals surface area contributed by atoms with E-state index in [1.165, 1.54) is 11.0 Å². The van der Waals surface area contributed by atoms with Crippen LogP contribution >= 0.6 is 12.2 Å². The van der Waals surface area contributed by atoms with Gasteiger partial charge in [0.25, 0.3) is 11.8 Å². The highest BCUT2D eigenvalue weighted by Crippen LogP contribution is 2.31. The molecule has 2 aromatic carbocycles. The number of anilines is 1. The number of thiocarbonyl (C=S) groups is 1. The zero-order valence-corrected chi connectivity index (χ0v) is 18.2. The maximum Gasteiger partial charge on any atom is 0.270 e. The second-order valence-corrected chi connectivity index (χ2v) is 7.38. The number of benzene rings is 2. The van der Waals surface area contributed by atoms with Crippen LogP contribution < -0.4 is 19.7 Å². The van der Waals surface area contributed by atoms with Crippen LogP contribution in [0.5, 0.6) is 11.5 Å². The fourth-order valence-electron chi connectivity index (χ4n) is 3.03. The first-order valence-corrected chi connectivity index (χ1v) is 10.1. The van der Waals surface area contributed by atoms with E-state index < -0.39 is 11.8 Å². The molecule has 1 aliphatic heterocycles. The fourth-order valence-corrected chi connectivity index (χ4v) is 3.30. The van der Waals surface area contributed by atoms with Crippen molar-refractivity contribution >= 4 is 40.9 Å². The number of carbonyl (C=O) groups excluding carboxylic acids is 2. The first-order valence-electron chi connectivity index (χ1n) is 9.67. The Hall–Kier alpha value is -3.19. The summed E-state index contributed by atoms with van der Waals surface area (Å²) < 4.78 is 11.3. The van der Waals surface area contributed by atoms with Crippen molar-refractivity contribution in [2.24, 2.45) is 0 Å². The second kappa shape index (κ2) is 9.09. The van der Waals surface area contributed by atoms with Crippen molar-refractivity contribution in [2.45, 2.75) is 33.3 Å². The predicted molar refractivity (Wildman–Crippen MR) is 121 cm³/mol. The molecule has 2 amide bonds. The van der Waals surface area contributed by atoms with Crippen molar-refractivity contribution in [3.8, 4) is 11.5 Å². The van der Waals surface area contributed by atoms with E-state index in [0.29, 0.717) is 22.7 Å². The summed E-state index contributed by atoms with van der Waals surface area (Å²) >= 11 is 5.26. The van der Waals surface area contributed by atoms with Crippen LogP contribution in [-0.2, 0) is 9.59 Å². The third-order valence-corrected chi connectivity index (χ3v) is 5.14. The van der Waals surface area contributed by atoms with E-state index in [4.69, 9.17) is 21.7 Å². The van der Waals surface area contributed by atoms with E-state index in [1.54, 1.807) is 31.4 Å². The Morgan fingerprint density at radius 2 is 1.90 bits per heavy atom. The van der Waals surface area contributed by atoms with Crippen LogP contribution in [-0.4, -0.2) is 30.1 Å². The molecule has 3 rings (SSSR count). The SMILES string of the molecule is CC[C@H](C)Oc1ccc(/C=C2\C(=O)NC(=S)N(c3ccccc3C)C2=O)cc1OC. The Balaban J connectivity index is 1.97. The number of methoxy groups -OCH3 is 1. The molecule has 1 aliphatic rings. The van der Waals surface area contributed by atoms with Gasteiger partial charge in [0.2, 0.25) is 0 Å². The van der Waals surface area contributed by atoms with Crippen LogP contribution in [0.4, 0.5) is 5.69 Å². The van der Waals surface area contributed by atoms with E-state index in [2.05, 4.69) is 5.32 Å². The summed E-state index contributed by atoms with van der Waals surface area (Å²) in [4.78, 5) is 27.0. The number of aryl methyl sites for hydroxylation is 1. The summed E-state index contributed by atoms with van der Waals surface area (Å²) in [6, 6.07) is 12.6. The van der Waals surface area contributed by atoms with Crippen molar-refractivity contribution < 1.29 is 19.1 Å². The lowest BCUT2D eigenvalue weighted by Crippen LogP contribution is -2.54. The maximum absolute atomic E-state index is 13.2. The van der Waals surface area contributed by atoms with E-state index >= 15 is 0 Å². The number of amides is 2. The molecule has 1 heterocycles.